The minimum absolute atomic E-state index is 0.167. The van der Waals surface area contributed by atoms with Gasteiger partial charge in [-0.25, -0.2) is 0 Å². The Labute approximate surface area is 157 Å². The van der Waals surface area contributed by atoms with Crippen molar-refractivity contribution in [1.82, 2.24) is 19.6 Å². The Bertz CT molecular complexity index is 1060. The van der Waals surface area contributed by atoms with E-state index in [2.05, 4.69) is 15.3 Å². The van der Waals surface area contributed by atoms with E-state index < -0.39 is 0 Å². The fraction of sp³-hybridized carbons (Fsp3) is 0.200. The van der Waals surface area contributed by atoms with Gasteiger partial charge in [0.15, 0.2) is 0 Å². The summed E-state index contributed by atoms with van der Waals surface area (Å²) in [4.78, 5) is 13.2. The Balaban J connectivity index is 1.83. The Morgan fingerprint density at radius 2 is 1.96 bits per heavy atom. The number of carbonyl (C=O) groups excluding carboxylic acids is 1. The Hall–Kier alpha value is -3.48. The fourth-order valence-corrected chi connectivity index (χ4v) is 3.10. The summed E-state index contributed by atoms with van der Waals surface area (Å²) in [7, 11) is 1.85. The van der Waals surface area contributed by atoms with Crippen LogP contribution in [0.5, 0.6) is 0 Å². The maximum atomic E-state index is 13.2. The number of hydrogen-bond acceptors (Lipinski definition) is 4. The fourth-order valence-electron chi connectivity index (χ4n) is 3.10. The van der Waals surface area contributed by atoms with Crippen molar-refractivity contribution in [3.8, 4) is 0 Å². The van der Waals surface area contributed by atoms with E-state index in [-0.39, 0.29) is 5.91 Å². The summed E-state index contributed by atoms with van der Waals surface area (Å²) in [6.45, 7) is 4.71. The summed E-state index contributed by atoms with van der Waals surface area (Å²) in [5.41, 5.74) is 4.40. The number of nitrogens with zero attached hydrogens (tertiary/aromatic N) is 6. The van der Waals surface area contributed by atoms with Crippen molar-refractivity contribution in [1.29, 1.82) is 0 Å². The molecule has 4 rings (SSSR count). The summed E-state index contributed by atoms with van der Waals surface area (Å²) in [5.74, 6) is -0.167. The predicted octanol–water partition coefficient (Wildman–Crippen LogP) is 2.78. The van der Waals surface area contributed by atoms with Gasteiger partial charge in [-0.2, -0.15) is 20.3 Å². The number of amides is 1. The van der Waals surface area contributed by atoms with Gasteiger partial charge in [0.25, 0.3) is 5.91 Å². The van der Waals surface area contributed by atoms with Gasteiger partial charge in [0, 0.05) is 25.4 Å². The van der Waals surface area contributed by atoms with Gasteiger partial charge >= 0.3 is 0 Å². The third kappa shape index (κ3) is 3.08. The molecule has 27 heavy (non-hydrogen) atoms. The molecule has 0 N–H and O–H groups in total. The van der Waals surface area contributed by atoms with Crippen LogP contribution in [-0.2, 0) is 18.4 Å². The van der Waals surface area contributed by atoms with Crippen molar-refractivity contribution in [3.63, 3.8) is 0 Å². The number of anilines is 1. The number of aromatic nitrogens is 4. The molecule has 0 saturated heterocycles. The third-order valence-corrected chi connectivity index (χ3v) is 4.41. The Morgan fingerprint density at radius 1 is 1.19 bits per heavy atom. The zero-order chi connectivity index (χ0) is 19.0. The summed E-state index contributed by atoms with van der Waals surface area (Å²) < 4.78 is 3.57. The predicted molar refractivity (Wildman–Crippen MR) is 104 cm³/mol. The minimum atomic E-state index is -0.167. The highest BCUT2D eigenvalue weighted by Gasteiger charge is 2.33. The van der Waals surface area contributed by atoms with Crippen molar-refractivity contribution in [2.45, 2.75) is 20.4 Å². The largest absolute Gasteiger partial charge is 0.281 e. The molecule has 0 unspecified atom stereocenters. The van der Waals surface area contributed by atoms with E-state index in [0.29, 0.717) is 11.3 Å². The molecule has 0 bridgehead atoms. The van der Waals surface area contributed by atoms with Crippen LogP contribution in [0, 0.1) is 6.92 Å². The average molecular weight is 360 g/mol. The zero-order valence-corrected chi connectivity index (χ0v) is 15.5. The first-order valence-electron chi connectivity index (χ1n) is 8.80. The molecule has 0 radical (unpaired) electrons. The van der Waals surface area contributed by atoms with Gasteiger partial charge in [-0.3, -0.25) is 14.2 Å². The Morgan fingerprint density at radius 3 is 2.59 bits per heavy atom. The maximum absolute atomic E-state index is 13.2. The normalized spacial score (nSPS) is 15.7. The maximum Gasteiger partial charge on any atom is 0.281 e. The SMILES string of the molecule is CCn1cc(/C=C2/C(=O)N(c3ccccc3)N=C2c2cc(C)nn2C)cn1. The molecule has 3 heterocycles. The molecule has 0 spiro atoms. The van der Waals surface area contributed by atoms with Gasteiger partial charge < -0.3 is 0 Å². The van der Waals surface area contributed by atoms with E-state index in [4.69, 9.17) is 0 Å². The first-order chi connectivity index (χ1) is 13.1. The monoisotopic (exact) mass is 360 g/mol. The molecule has 1 aliphatic heterocycles. The van der Waals surface area contributed by atoms with Crippen LogP contribution in [0.2, 0.25) is 0 Å². The van der Waals surface area contributed by atoms with E-state index in [1.54, 1.807) is 10.9 Å². The van der Waals surface area contributed by atoms with E-state index in [1.807, 2.05) is 74.2 Å². The molecule has 1 aromatic carbocycles. The first-order valence-corrected chi connectivity index (χ1v) is 8.80. The average Bonchev–Trinajstić information content (AvgIpc) is 3.35. The summed E-state index contributed by atoms with van der Waals surface area (Å²) >= 11 is 0. The molecule has 0 fully saturated rings. The molecule has 1 aliphatic rings. The molecule has 0 aliphatic carbocycles. The van der Waals surface area contributed by atoms with Crippen LogP contribution in [0.3, 0.4) is 0 Å². The van der Waals surface area contributed by atoms with Gasteiger partial charge in [0.2, 0.25) is 0 Å². The molecular weight excluding hydrogens is 340 g/mol. The highest BCUT2D eigenvalue weighted by Crippen LogP contribution is 2.27. The topological polar surface area (TPSA) is 68.3 Å². The first kappa shape index (κ1) is 17.0. The molecule has 0 saturated carbocycles. The second kappa shape index (κ2) is 6.68. The van der Waals surface area contributed by atoms with E-state index >= 15 is 0 Å². The molecule has 2 aromatic heterocycles. The number of benzene rings is 1. The lowest BCUT2D eigenvalue weighted by molar-refractivity contribution is -0.114. The van der Waals surface area contributed by atoms with Crippen molar-refractivity contribution >= 4 is 23.4 Å². The molecule has 3 aromatic rings. The van der Waals surface area contributed by atoms with Gasteiger partial charge in [-0.1, -0.05) is 18.2 Å². The van der Waals surface area contributed by atoms with Crippen molar-refractivity contribution in [3.05, 3.63) is 71.3 Å². The van der Waals surface area contributed by atoms with Gasteiger partial charge in [-0.15, -0.1) is 0 Å². The summed E-state index contributed by atoms with van der Waals surface area (Å²) in [6, 6.07) is 11.4. The van der Waals surface area contributed by atoms with Crippen LogP contribution in [0.15, 0.2) is 59.5 Å². The van der Waals surface area contributed by atoms with Crippen LogP contribution < -0.4 is 5.01 Å². The van der Waals surface area contributed by atoms with Crippen LogP contribution >= 0.6 is 0 Å². The number of rotatable bonds is 4. The number of aryl methyl sites for hydroxylation is 3. The molecule has 0 atom stereocenters. The minimum Gasteiger partial charge on any atom is -0.272 e. The standard InChI is InChI=1S/C20H20N6O/c1-4-25-13-15(12-21-25)11-17-19(18-10-14(2)22-24(18)3)23-26(20(17)27)16-8-6-5-7-9-16/h5-13H,4H2,1-3H3/b17-11+. The van der Waals surface area contributed by atoms with Crippen LogP contribution in [0.1, 0.15) is 23.9 Å². The highest BCUT2D eigenvalue weighted by molar-refractivity contribution is 6.37. The number of carbonyl (C=O) groups is 1. The lowest BCUT2D eigenvalue weighted by Crippen LogP contribution is -2.21. The lowest BCUT2D eigenvalue weighted by atomic mass is 10.1. The third-order valence-electron chi connectivity index (χ3n) is 4.41. The van der Waals surface area contributed by atoms with E-state index in [0.717, 1.165) is 29.2 Å². The van der Waals surface area contributed by atoms with Crippen molar-refractivity contribution < 1.29 is 4.79 Å². The molecule has 1 amide bonds. The zero-order valence-electron chi connectivity index (χ0n) is 15.5. The lowest BCUT2D eigenvalue weighted by Gasteiger charge is -2.10. The molecule has 7 heteroatoms. The van der Waals surface area contributed by atoms with Gasteiger partial charge in [0.1, 0.15) is 5.71 Å². The van der Waals surface area contributed by atoms with Gasteiger partial charge in [0.05, 0.1) is 28.8 Å². The summed E-state index contributed by atoms with van der Waals surface area (Å²) in [5, 5.41) is 14.8. The highest BCUT2D eigenvalue weighted by atomic mass is 16.2. The molecule has 136 valence electrons. The van der Waals surface area contributed by atoms with Crippen LogP contribution in [-0.4, -0.2) is 31.2 Å². The van der Waals surface area contributed by atoms with Crippen LogP contribution in [0.4, 0.5) is 5.69 Å². The number of hydrazone groups is 1. The molecular formula is C20H20N6O. The van der Waals surface area contributed by atoms with Crippen LogP contribution in [0.25, 0.3) is 6.08 Å². The van der Waals surface area contributed by atoms with Gasteiger partial charge in [-0.05, 0) is 38.1 Å². The Kier molecular flexibility index (Phi) is 4.19. The van der Waals surface area contributed by atoms with Crippen molar-refractivity contribution in [2.75, 3.05) is 5.01 Å². The molecule has 7 nitrogen and oxygen atoms in total. The van der Waals surface area contributed by atoms with E-state index in [1.165, 1.54) is 5.01 Å². The number of para-hydroxylation sites is 1. The quantitative estimate of drug-likeness (QED) is 0.672. The second-order valence-corrected chi connectivity index (χ2v) is 6.38. The second-order valence-electron chi connectivity index (χ2n) is 6.38. The smallest absolute Gasteiger partial charge is 0.272 e. The van der Waals surface area contributed by atoms with Crippen molar-refractivity contribution in [2.24, 2.45) is 12.1 Å². The summed E-state index contributed by atoms with van der Waals surface area (Å²) in [6.07, 6.45) is 5.50. The number of hydrogen-bond donors (Lipinski definition) is 0. The van der Waals surface area contributed by atoms with E-state index in [9.17, 15) is 4.79 Å².